The van der Waals surface area contributed by atoms with E-state index in [2.05, 4.69) is 5.32 Å². The molecule has 5 heteroatoms. The van der Waals surface area contributed by atoms with Crippen LogP contribution in [0.3, 0.4) is 0 Å². The molecule has 1 N–H and O–H groups in total. The molecule has 0 aliphatic rings. The second kappa shape index (κ2) is 6.44. The summed E-state index contributed by atoms with van der Waals surface area (Å²) in [6, 6.07) is 9.59. The highest BCUT2D eigenvalue weighted by atomic mass is 35.5. The van der Waals surface area contributed by atoms with Gasteiger partial charge in [-0.15, -0.1) is 0 Å². The van der Waals surface area contributed by atoms with Gasteiger partial charge in [0, 0.05) is 21.7 Å². The first kappa shape index (κ1) is 15.1. The van der Waals surface area contributed by atoms with Gasteiger partial charge >= 0.3 is 0 Å². The summed E-state index contributed by atoms with van der Waals surface area (Å²) in [5, 5.41) is 4.10. The minimum absolute atomic E-state index is 0.336. The normalized spacial score (nSPS) is 12.2. The van der Waals surface area contributed by atoms with Crippen molar-refractivity contribution in [2.75, 3.05) is 14.2 Å². The van der Waals surface area contributed by atoms with Crippen molar-refractivity contribution in [2.45, 2.75) is 6.04 Å². The number of hydrogen-bond acceptors (Lipinski definition) is 2. The van der Waals surface area contributed by atoms with Crippen LogP contribution in [0.25, 0.3) is 0 Å². The molecular weight excluding hydrogens is 300 g/mol. The third-order valence-electron chi connectivity index (χ3n) is 3.03. The molecule has 0 amide bonds. The van der Waals surface area contributed by atoms with Gasteiger partial charge in [-0.1, -0.05) is 29.3 Å². The highest BCUT2D eigenvalue weighted by Crippen LogP contribution is 2.30. The molecule has 106 valence electrons. The second-order valence-corrected chi connectivity index (χ2v) is 5.18. The van der Waals surface area contributed by atoms with Crippen LogP contribution in [0.4, 0.5) is 4.39 Å². The van der Waals surface area contributed by atoms with E-state index >= 15 is 0 Å². The molecule has 0 fully saturated rings. The van der Waals surface area contributed by atoms with E-state index in [-0.39, 0.29) is 11.9 Å². The first-order chi connectivity index (χ1) is 9.55. The molecule has 0 saturated heterocycles. The summed E-state index contributed by atoms with van der Waals surface area (Å²) in [4.78, 5) is 0. The predicted octanol–water partition coefficient (Wildman–Crippen LogP) is 4.45. The Morgan fingerprint density at radius 3 is 2.25 bits per heavy atom. The van der Waals surface area contributed by atoms with Gasteiger partial charge in [-0.2, -0.15) is 0 Å². The SMILES string of the molecule is CNC(c1cc(Cl)cc(Cl)c1)c1ccc(OC)cc1F. The summed E-state index contributed by atoms with van der Waals surface area (Å²) < 4.78 is 19.2. The van der Waals surface area contributed by atoms with E-state index in [1.807, 2.05) is 0 Å². The van der Waals surface area contributed by atoms with Gasteiger partial charge in [0.05, 0.1) is 13.2 Å². The predicted molar refractivity (Wildman–Crippen MR) is 80.3 cm³/mol. The largest absolute Gasteiger partial charge is 0.497 e. The van der Waals surface area contributed by atoms with Crippen molar-refractivity contribution < 1.29 is 9.13 Å². The van der Waals surface area contributed by atoms with E-state index in [0.717, 1.165) is 5.56 Å². The molecule has 0 aliphatic carbocycles. The van der Waals surface area contributed by atoms with Crippen LogP contribution in [-0.4, -0.2) is 14.2 Å². The molecule has 2 aromatic carbocycles. The van der Waals surface area contributed by atoms with E-state index in [4.69, 9.17) is 27.9 Å². The zero-order valence-corrected chi connectivity index (χ0v) is 12.6. The number of rotatable bonds is 4. The summed E-state index contributed by atoms with van der Waals surface area (Å²) in [5.41, 5.74) is 1.31. The highest BCUT2D eigenvalue weighted by molar-refractivity contribution is 6.34. The van der Waals surface area contributed by atoms with E-state index in [1.165, 1.54) is 13.2 Å². The van der Waals surface area contributed by atoms with Crippen LogP contribution in [0.1, 0.15) is 17.2 Å². The topological polar surface area (TPSA) is 21.3 Å². The molecule has 1 atom stereocenters. The molecule has 2 rings (SSSR count). The highest BCUT2D eigenvalue weighted by Gasteiger charge is 2.17. The first-order valence-electron chi connectivity index (χ1n) is 6.02. The van der Waals surface area contributed by atoms with Crippen molar-refractivity contribution in [3.05, 3.63) is 63.4 Å². The molecule has 20 heavy (non-hydrogen) atoms. The maximum Gasteiger partial charge on any atom is 0.132 e. The van der Waals surface area contributed by atoms with Crippen molar-refractivity contribution >= 4 is 23.2 Å². The number of ether oxygens (including phenoxy) is 1. The Bertz CT molecular complexity index is 599. The van der Waals surface area contributed by atoms with Gasteiger partial charge in [0.2, 0.25) is 0 Å². The van der Waals surface area contributed by atoms with E-state index in [1.54, 1.807) is 37.4 Å². The van der Waals surface area contributed by atoms with Gasteiger partial charge in [-0.3, -0.25) is 0 Å². The van der Waals surface area contributed by atoms with Crippen molar-refractivity contribution in [2.24, 2.45) is 0 Å². The number of hydrogen-bond donors (Lipinski definition) is 1. The van der Waals surface area contributed by atoms with Gasteiger partial charge in [0.15, 0.2) is 0 Å². The molecule has 0 heterocycles. The van der Waals surface area contributed by atoms with Crippen molar-refractivity contribution in [1.82, 2.24) is 5.32 Å². The molecule has 2 aromatic rings. The van der Waals surface area contributed by atoms with Gasteiger partial charge < -0.3 is 10.1 Å². The van der Waals surface area contributed by atoms with Crippen LogP contribution in [-0.2, 0) is 0 Å². The molecule has 1 unspecified atom stereocenters. The van der Waals surface area contributed by atoms with E-state index < -0.39 is 0 Å². The third-order valence-corrected chi connectivity index (χ3v) is 3.46. The Balaban J connectivity index is 2.46. The number of benzene rings is 2. The summed E-state index contributed by atoms with van der Waals surface area (Å²) in [5.74, 6) is 0.130. The lowest BCUT2D eigenvalue weighted by atomic mass is 9.98. The van der Waals surface area contributed by atoms with E-state index in [9.17, 15) is 4.39 Å². The fourth-order valence-corrected chi connectivity index (χ4v) is 2.66. The summed E-state index contributed by atoms with van der Waals surface area (Å²) in [6.07, 6.45) is 0. The summed E-state index contributed by atoms with van der Waals surface area (Å²) >= 11 is 12.0. The lowest BCUT2D eigenvalue weighted by molar-refractivity contribution is 0.410. The van der Waals surface area contributed by atoms with E-state index in [0.29, 0.717) is 21.4 Å². The molecule has 0 saturated carbocycles. The molecule has 0 bridgehead atoms. The Morgan fingerprint density at radius 2 is 1.75 bits per heavy atom. The maximum atomic E-state index is 14.2. The minimum Gasteiger partial charge on any atom is -0.497 e. The van der Waals surface area contributed by atoms with Crippen LogP contribution < -0.4 is 10.1 Å². The van der Waals surface area contributed by atoms with Gasteiger partial charge in [-0.05, 0) is 36.9 Å². The van der Waals surface area contributed by atoms with Gasteiger partial charge in [0.25, 0.3) is 0 Å². The Kier molecular flexibility index (Phi) is 4.86. The van der Waals surface area contributed by atoms with Crippen LogP contribution in [0, 0.1) is 5.82 Å². The van der Waals surface area contributed by atoms with Crippen LogP contribution in [0.2, 0.25) is 10.0 Å². The molecule has 0 radical (unpaired) electrons. The minimum atomic E-state index is -0.347. The molecule has 0 spiro atoms. The Hall–Kier alpha value is -1.29. The second-order valence-electron chi connectivity index (χ2n) is 4.31. The smallest absolute Gasteiger partial charge is 0.132 e. The fourth-order valence-electron chi connectivity index (χ4n) is 2.11. The molecular formula is C15H14Cl2FNO. The zero-order chi connectivity index (χ0) is 14.7. The van der Waals surface area contributed by atoms with Crippen LogP contribution in [0.5, 0.6) is 5.75 Å². The molecule has 0 aromatic heterocycles. The van der Waals surface area contributed by atoms with Crippen molar-refractivity contribution in [3.8, 4) is 5.75 Å². The first-order valence-corrected chi connectivity index (χ1v) is 6.77. The lowest BCUT2D eigenvalue weighted by Gasteiger charge is -2.19. The average molecular weight is 314 g/mol. The zero-order valence-electron chi connectivity index (χ0n) is 11.1. The molecule has 2 nitrogen and oxygen atoms in total. The number of methoxy groups -OCH3 is 1. The summed E-state index contributed by atoms with van der Waals surface area (Å²) in [7, 11) is 3.25. The number of nitrogens with one attached hydrogen (secondary N) is 1. The summed E-state index contributed by atoms with van der Waals surface area (Å²) in [6.45, 7) is 0. The maximum absolute atomic E-state index is 14.2. The standard InChI is InChI=1S/C15H14Cl2FNO/c1-19-15(9-5-10(16)7-11(17)6-9)13-4-3-12(20-2)8-14(13)18/h3-8,15,19H,1-2H3. The Morgan fingerprint density at radius 1 is 1.10 bits per heavy atom. The average Bonchev–Trinajstić information content (AvgIpc) is 2.40. The Labute approximate surface area is 127 Å². The lowest BCUT2D eigenvalue weighted by Crippen LogP contribution is -2.19. The molecule has 0 aliphatic heterocycles. The quantitative estimate of drug-likeness (QED) is 0.900. The number of halogens is 3. The monoisotopic (exact) mass is 313 g/mol. The third kappa shape index (κ3) is 3.23. The van der Waals surface area contributed by atoms with Gasteiger partial charge in [0.1, 0.15) is 11.6 Å². The fraction of sp³-hybridized carbons (Fsp3) is 0.200. The van der Waals surface area contributed by atoms with Gasteiger partial charge in [-0.25, -0.2) is 4.39 Å². The van der Waals surface area contributed by atoms with Crippen LogP contribution in [0.15, 0.2) is 36.4 Å². The van der Waals surface area contributed by atoms with Crippen molar-refractivity contribution in [1.29, 1.82) is 0 Å². The van der Waals surface area contributed by atoms with Crippen molar-refractivity contribution in [3.63, 3.8) is 0 Å². The van der Waals surface area contributed by atoms with Crippen LogP contribution >= 0.6 is 23.2 Å².